The third-order valence-corrected chi connectivity index (χ3v) is 5.83. The van der Waals surface area contributed by atoms with Gasteiger partial charge in [0.25, 0.3) is 0 Å². The first-order valence-corrected chi connectivity index (χ1v) is 10.6. The zero-order chi connectivity index (χ0) is 25.0. The first-order chi connectivity index (χ1) is 16.0. The summed E-state index contributed by atoms with van der Waals surface area (Å²) in [5, 5.41) is 59.7. The number of carbonyl (C=O) groups is 2. The van der Waals surface area contributed by atoms with Gasteiger partial charge in [-0.1, -0.05) is 13.0 Å². The van der Waals surface area contributed by atoms with E-state index in [0.717, 1.165) is 6.08 Å². The largest absolute Gasteiger partial charge is 0.504 e. The number of aliphatic hydroxyl groups excluding tert-OH is 3. The van der Waals surface area contributed by atoms with E-state index in [9.17, 15) is 40.2 Å². The summed E-state index contributed by atoms with van der Waals surface area (Å²) in [6.45, 7) is 0.784. The zero-order valence-electron chi connectivity index (χ0n) is 18.3. The lowest BCUT2D eigenvalue weighted by Crippen LogP contribution is -2.59. The van der Waals surface area contributed by atoms with E-state index in [4.69, 9.17) is 18.9 Å². The molecule has 6 N–H and O–H groups in total. The molecule has 1 aromatic rings. The van der Waals surface area contributed by atoms with Gasteiger partial charge >= 0.3 is 11.9 Å². The van der Waals surface area contributed by atoms with E-state index in [2.05, 4.69) is 0 Å². The molecule has 12 heteroatoms. The van der Waals surface area contributed by atoms with E-state index < -0.39 is 60.8 Å². The normalized spacial score (nSPS) is 32.5. The lowest BCUT2D eigenvalue weighted by atomic mass is 9.88. The monoisotopic (exact) mass is 484 g/mol. The van der Waals surface area contributed by atoms with Gasteiger partial charge in [0.2, 0.25) is 0 Å². The van der Waals surface area contributed by atoms with Crippen molar-refractivity contribution in [3.05, 3.63) is 29.8 Å². The van der Waals surface area contributed by atoms with Gasteiger partial charge in [0, 0.05) is 12.0 Å². The van der Waals surface area contributed by atoms with E-state index in [0.29, 0.717) is 5.56 Å². The molecule has 0 aromatic heterocycles. The molecule has 3 rings (SSSR count). The first kappa shape index (κ1) is 25.9. The number of phenolic OH excluding ortho intramolecular Hbond substituents is 2. The predicted molar refractivity (Wildman–Crippen MR) is 112 cm³/mol. The Kier molecular flexibility index (Phi) is 8.13. The van der Waals surface area contributed by atoms with Crippen LogP contribution in [0.5, 0.6) is 11.5 Å². The lowest BCUT2D eigenvalue weighted by Gasteiger charge is -2.40. The Morgan fingerprint density at radius 2 is 1.94 bits per heavy atom. The highest BCUT2D eigenvalue weighted by molar-refractivity contribution is 5.87. The Bertz CT molecular complexity index is 917. The molecule has 0 saturated carbocycles. The van der Waals surface area contributed by atoms with Gasteiger partial charge in [0.1, 0.15) is 43.2 Å². The second-order valence-electron chi connectivity index (χ2n) is 8.40. The van der Waals surface area contributed by atoms with Crippen molar-refractivity contribution in [3.8, 4) is 11.5 Å². The molecule has 2 saturated heterocycles. The van der Waals surface area contributed by atoms with Crippen LogP contribution in [0.15, 0.2) is 24.3 Å². The second-order valence-corrected chi connectivity index (χ2v) is 8.40. The smallest absolute Gasteiger partial charge is 0.330 e. The van der Waals surface area contributed by atoms with E-state index in [1.165, 1.54) is 24.3 Å². The molecule has 0 spiro atoms. The summed E-state index contributed by atoms with van der Waals surface area (Å²) >= 11 is 0. The topological polar surface area (TPSA) is 192 Å². The molecule has 7 atom stereocenters. The molecule has 2 aliphatic heterocycles. The molecule has 2 fully saturated rings. The lowest BCUT2D eigenvalue weighted by molar-refractivity contribution is -0.305. The zero-order valence-corrected chi connectivity index (χ0v) is 18.3. The van der Waals surface area contributed by atoms with Crippen LogP contribution < -0.4 is 0 Å². The minimum atomic E-state index is -1.66. The average molecular weight is 484 g/mol. The fraction of sp³-hybridized carbons (Fsp3) is 0.545. The van der Waals surface area contributed by atoms with Gasteiger partial charge in [0.15, 0.2) is 17.8 Å². The summed E-state index contributed by atoms with van der Waals surface area (Å²) in [4.78, 5) is 23.3. The van der Waals surface area contributed by atoms with E-state index >= 15 is 0 Å². The molecule has 0 unspecified atom stereocenters. The highest BCUT2D eigenvalue weighted by Gasteiger charge is 2.47. The van der Waals surface area contributed by atoms with Crippen molar-refractivity contribution in [1.82, 2.24) is 0 Å². The highest BCUT2D eigenvalue weighted by Crippen LogP contribution is 2.30. The second kappa shape index (κ2) is 10.7. The van der Waals surface area contributed by atoms with Gasteiger partial charge in [-0.2, -0.15) is 0 Å². The summed E-state index contributed by atoms with van der Waals surface area (Å²) in [6, 6.07) is 3.94. The molecule has 0 bridgehead atoms. The number of cyclic esters (lactones) is 1. The fourth-order valence-corrected chi connectivity index (χ4v) is 3.48. The quantitative estimate of drug-likeness (QED) is 0.147. The maximum Gasteiger partial charge on any atom is 0.330 e. The Morgan fingerprint density at radius 3 is 2.59 bits per heavy atom. The minimum Gasteiger partial charge on any atom is -0.504 e. The van der Waals surface area contributed by atoms with Gasteiger partial charge in [0.05, 0.1) is 13.0 Å². The van der Waals surface area contributed by atoms with Gasteiger partial charge in [-0.15, -0.1) is 0 Å². The number of rotatable bonds is 8. The Hall–Kier alpha value is -2.74. The standard InChI is InChI=1S/C22H28O12/c1-11(22(30)7-17(26)33-10-22)8-32-21-20(29)19(28)18(27)15(34-21)9-31-16(25)5-3-12-2-4-13(23)14(24)6-12/h2-6,11,15,18-21,23-24,27-30H,7-10H2,1H3/t11-,15-,18-,19+,20-,21+,22-/m1/s1. The van der Waals surface area contributed by atoms with Crippen molar-refractivity contribution in [2.45, 2.75) is 49.7 Å². The molecule has 188 valence electrons. The van der Waals surface area contributed by atoms with Gasteiger partial charge < -0.3 is 49.6 Å². The number of hydrogen-bond donors (Lipinski definition) is 6. The van der Waals surface area contributed by atoms with Crippen molar-refractivity contribution in [2.24, 2.45) is 5.92 Å². The fourth-order valence-electron chi connectivity index (χ4n) is 3.48. The number of hydrogen-bond acceptors (Lipinski definition) is 12. The maximum atomic E-state index is 12.0. The van der Waals surface area contributed by atoms with E-state index in [1.807, 2.05) is 0 Å². The number of phenols is 2. The molecule has 2 aliphatic rings. The molecular formula is C22H28O12. The van der Waals surface area contributed by atoms with Crippen LogP contribution in [0.2, 0.25) is 0 Å². The van der Waals surface area contributed by atoms with Crippen LogP contribution in [-0.2, 0) is 28.5 Å². The SMILES string of the molecule is C[C@H](CO[C@H]1O[C@H](COC(=O)C=Cc2ccc(O)c(O)c2)[C@@H](O)[C@H](O)[C@H]1O)[C@]1(O)COC(=O)C1. The molecular weight excluding hydrogens is 456 g/mol. The maximum absolute atomic E-state index is 12.0. The molecule has 0 radical (unpaired) electrons. The third kappa shape index (κ3) is 6.03. The number of aromatic hydroxyl groups is 2. The third-order valence-electron chi connectivity index (χ3n) is 5.83. The van der Waals surface area contributed by atoms with Crippen molar-refractivity contribution < 1.29 is 59.2 Å². The molecule has 1 aromatic carbocycles. The number of esters is 2. The summed E-state index contributed by atoms with van der Waals surface area (Å²) in [7, 11) is 0. The van der Waals surface area contributed by atoms with Gasteiger partial charge in [-0.05, 0) is 23.8 Å². The first-order valence-electron chi connectivity index (χ1n) is 10.6. The van der Waals surface area contributed by atoms with Crippen molar-refractivity contribution >= 4 is 18.0 Å². The molecule has 0 aliphatic carbocycles. The van der Waals surface area contributed by atoms with Crippen molar-refractivity contribution in [2.75, 3.05) is 19.8 Å². The summed E-state index contributed by atoms with van der Waals surface area (Å²) in [5.74, 6) is -2.61. The summed E-state index contributed by atoms with van der Waals surface area (Å²) in [6.07, 6.45) is -5.32. The highest BCUT2D eigenvalue weighted by atomic mass is 16.7. The van der Waals surface area contributed by atoms with E-state index in [1.54, 1.807) is 6.92 Å². The van der Waals surface area contributed by atoms with Crippen LogP contribution in [0.3, 0.4) is 0 Å². The Balaban J connectivity index is 1.53. The Labute approximate surface area is 194 Å². The minimum absolute atomic E-state index is 0.160. The van der Waals surface area contributed by atoms with Crippen molar-refractivity contribution in [3.63, 3.8) is 0 Å². The number of aliphatic hydroxyl groups is 4. The molecule has 12 nitrogen and oxygen atoms in total. The van der Waals surface area contributed by atoms with Crippen molar-refractivity contribution in [1.29, 1.82) is 0 Å². The molecule has 34 heavy (non-hydrogen) atoms. The van der Waals surface area contributed by atoms with Crippen LogP contribution in [0, 0.1) is 5.92 Å². The predicted octanol–water partition coefficient (Wildman–Crippen LogP) is -1.21. The summed E-state index contributed by atoms with van der Waals surface area (Å²) < 4.78 is 20.8. The Morgan fingerprint density at radius 1 is 1.21 bits per heavy atom. The number of benzene rings is 1. The summed E-state index contributed by atoms with van der Waals surface area (Å²) in [5.41, 5.74) is -1.02. The van der Waals surface area contributed by atoms with Crippen LogP contribution in [0.25, 0.3) is 6.08 Å². The molecule has 2 heterocycles. The van der Waals surface area contributed by atoms with Crippen LogP contribution in [0.1, 0.15) is 18.9 Å². The average Bonchev–Trinajstić information content (AvgIpc) is 3.16. The van der Waals surface area contributed by atoms with Crippen LogP contribution >= 0.6 is 0 Å². The van der Waals surface area contributed by atoms with Gasteiger partial charge in [-0.3, -0.25) is 4.79 Å². The van der Waals surface area contributed by atoms with Crippen LogP contribution in [0.4, 0.5) is 0 Å². The number of ether oxygens (including phenoxy) is 4. The van der Waals surface area contributed by atoms with Crippen LogP contribution in [-0.4, -0.2) is 98.7 Å². The van der Waals surface area contributed by atoms with Gasteiger partial charge in [-0.25, -0.2) is 4.79 Å². The number of carbonyl (C=O) groups excluding carboxylic acids is 2. The van der Waals surface area contributed by atoms with E-state index in [-0.39, 0.29) is 31.1 Å². The molecule has 0 amide bonds.